The fourth-order valence-corrected chi connectivity index (χ4v) is 1.48. The van der Waals surface area contributed by atoms with E-state index in [0.717, 1.165) is 12.1 Å². The van der Waals surface area contributed by atoms with Gasteiger partial charge in [-0.05, 0) is 12.1 Å². The van der Waals surface area contributed by atoms with Gasteiger partial charge in [0.25, 0.3) is 0 Å². The standard InChI is InChI=1S/C10H5Cl2F2N3/c11-8-4-7(10(12)17-16-8)15-9-5(13)2-1-3-6(9)14/h1-4H,(H,15,16). The van der Waals surface area contributed by atoms with Gasteiger partial charge >= 0.3 is 0 Å². The molecule has 0 saturated carbocycles. The van der Waals surface area contributed by atoms with Crippen LogP contribution in [0.25, 0.3) is 0 Å². The summed E-state index contributed by atoms with van der Waals surface area (Å²) in [6.45, 7) is 0. The third-order valence-electron chi connectivity index (χ3n) is 1.94. The number of para-hydroxylation sites is 1. The minimum absolute atomic E-state index is 0.0305. The first-order valence-electron chi connectivity index (χ1n) is 4.47. The molecule has 1 heterocycles. The Morgan fingerprint density at radius 1 is 1.06 bits per heavy atom. The van der Waals surface area contributed by atoms with Gasteiger partial charge < -0.3 is 5.32 Å². The molecule has 1 aromatic heterocycles. The Balaban J connectivity index is 2.41. The number of aromatic nitrogens is 2. The third-order valence-corrected chi connectivity index (χ3v) is 2.41. The molecule has 0 spiro atoms. The van der Waals surface area contributed by atoms with Gasteiger partial charge in [-0.3, -0.25) is 0 Å². The lowest BCUT2D eigenvalue weighted by Gasteiger charge is -2.09. The molecule has 7 heteroatoms. The molecule has 0 unspecified atom stereocenters. The van der Waals surface area contributed by atoms with Gasteiger partial charge in [0.1, 0.15) is 17.3 Å². The van der Waals surface area contributed by atoms with Crippen LogP contribution in [0, 0.1) is 11.6 Å². The molecule has 0 bridgehead atoms. The number of hydrogen-bond donors (Lipinski definition) is 1. The molecule has 0 aliphatic heterocycles. The maximum atomic E-state index is 13.4. The predicted octanol–water partition coefficient (Wildman–Crippen LogP) is 3.81. The molecule has 2 aromatic rings. The molecule has 1 N–H and O–H groups in total. The number of anilines is 2. The van der Waals surface area contributed by atoms with Crippen LogP contribution in [0.1, 0.15) is 0 Å². The second-order valence-corrected chi connectivity index (χ2v) is 3.84. The molecule has 0 radical (unpaired) electrons. The van der Waals surface area contributed by atoms with Crippen molar-refractivity contribution >= 4 is 34.6 Å². The average molecular weight is 276 g/mol. The van der Waals surface area contributed by atoms with Crippen LogP contribution in [0.2, 0.25) is 10.3 Å². The van der Waals surface area contributed by atoms with E-state index in [-0.39, 0.29) is 21.7 Å². The summed E-state index contributed by atoms with van der Waals surface area (Å²) in [6.07, 6.45) is 0. The lowest BCUT2D eigenvalue weighted by molar-refractivity contribution is 0.591. The zero-order chi connectivity index (χ0) is 12.4. The Kier molecular flexibility index (Phi) is 3.40. The number of nitrogens with one attached hydrogen (secondary N) is 1. The summed E-state index contributed by atoms with van der Waals surface area (Å²) in [6, 6.07) is 4.82. The highest BCUT2D eigenvalue weighted by atomic mass is 35.5. The van der Waals surface area contributed by atoms with E-state index in [4.69, 9.17) is 23.2 Å². The van der Waals surface area contributed by atoms with E-state index in [1.54, 1.807) is 0 Å². The normalized spacial score (nSPS) is 10.4. The molecule has 88 valence electrons. The first-order chi connectivity index (χ1) is 8.08. The quantitative estimate of drug-likeness (QED) is 0.906. The van der Waals surface area contributed by atoms with Crippen molar-refractivity contribution in [3.8, 4) is 0 Å². The summed E-state index contributed by atoms with van der Waals surface area (Å²) in [5.41, 5.74) is -0.144. The van der Waals surface area contributed by atoms with E-state index < -0.39 is 11.6 Å². The van der Waals surface area contributed by atoms with E-state index in [1.165, 1.54) is 12.1 Å². The first kappa shape index (κ1) is 12.0. The van der Waals surface area contributed by atoms with Gasteiger partial charge in [-0.2, -0.15) is 0 Å². The number of benzene rings is 1. The predicted molar refractivity (Wildman–Crippen MR) is 61.7 cm³/mol. The van der Waals surface area contributed by atoms with Crippen LogP contribution in [-0.4, -0.2) is 10.2 Å². The Morgan fingerprint density at radius 3 is 2.35 bits per heavy atom. The lowest BCUT2D eigenvalue weighted by Crippen LogP contribution is -1.99. The van der Waals surface area contributed by atoms with Crippen LogP contribution in [0.5, 0.6) is 0 Å². The van der Waals surface area contributed by atoms with Gasteiger partial charge in [0.15, 0.2) is 10.3 Å². The van der Waals surface area contributed by atoms with Crippen LogP contribution in [0.15, 0.2) is 24.3 Å². The average Bonchev–Trinajstić information content (AvgIpc) is 2.28. The fourth-order valence-electron chi connectivity index (χ4n) is 1.19. The molecule has 0 aliphatic rings. The van der Waals surface area contributed by atoms with Gasteiger partial charge in [0.2, 0.25) is 0 Å². The number of nitrogens with zero attached hydrogens (tertiary/aromatic N) is 2. The highest BCUT2D eigenvalue weighted by Gasteiger charge is 2.11. The van der Waals surface area contributed by atoms with Gasteiger partial charge in [0.05, 0.1) is 5.69 Å². The monoisotopic (exact) mass is 275 g/mol. The smallest absolute Gasteiger partial charge is 0.175 e. The summed E-state index contributed by atoms with van der Waals surface area (Å²) in [7, 11) is 0. The second kappa shape index (κ2) is 4.81. The van der Waals surface area contributed by atoms with Crippen LogP contribution in [0.3, 0.4) is 0 Å². The molecular formula is C10H5Cl2F2N3. The molecule has 0 fully saturated rings. The summed E-state index contributed by atoms with van der Waals surface area (Å²) < 4.78 is 26.7. The van der Waals surface area contributed by atoms with Crippen molar-refractivity contribution in [2.24, 2.45) is 0 Å². The lowest BCUT2D eigenvalue weighted by atomic mass is 10.3. The SMILES string of the molecule is Fc1cccc(F)c1Nc1cc(Cl)nnc1Cl. The van der Waals surface area contributed by atoms with E-state index in [0.29, 0.717) is 0 Å². The van der Waals surface area contributed by atoms with Crippen molar-refractivity contribution in [2.75, 3.05) is 5.32 Å². The van der Waals surface area contributed by atoms with Crippen molar-refractivity contribution in [3.05, 3.63) is 46.2 Å². The molecule has 2 rings (SSSR count). The molecule has 0 atom stereocenters. The van der Waals surface area contributed by atoms with Crippen LogP contribution in [0.4, 0.5) is 20.2 Å². The van der Waals surface area contributed by atoms with Crippen molar-refractivity contribution in [2.45, 2.75) is 0 Å². The summed E-state index contributed by atoms with van der Waals surface area (Å²) >= 11 is 11.3. The fraction of sp³-hybridized carbons (Fsp3) is 0. The van der Waals surface area contributed by atoms with E-state index in [2.05, 4.69) is 15.5 Å². The van der Waals surface area contributed by atoms with E-state index >= 15 is 0 Å². The Labute approximate surface area is 105 Å². The Morgan fingerprint density at radius 2 is 1.71 bits per heavy atom. The number of rotatable bonds is 2. The van der Waals surface area contributed by atoms with Crippen molar-refractivity contribution in [3.63, 3.8) is 0 Å². The largest absolute Gasteiger partial charge is 0.348 e. The minimum atomic E-state index is -0.742. The molecule has 17 heavy (non-hydrogen) atoms. The maximum absolute atomic E-state index is 13.4. The van der Waals surface area contributed by atoms with Gasteiger partial charge in [-0.25, -0.2) is 8.78 Å². The van der Waals surface area contributed by atoms with E-state index in [1.807, 2.05) is 0 Å². The molecule has 0 saturated heterocycles. The van der Waals surface area contributed by atoms with Crippen LogP contribution >= 0.6 is 23.2 Å². The second-order valence-electron chi connectivity index (χ2n) is 3.09. The summed E-state index contributed by atoms with van der Waals surface area (Å²) in [4.78, 5) is 0. The number of hydrogen-bond acceptors (Lipinski definition) is 3. The van der Waals surface area contributed by atoms with Crippen molar-refractivity contribution < 1.29 is 8.78 Å². The molecule has 1 aromatic carbocycles. The zero-order valence-corrected chi connectivity index (χ0v) is 9.73. The number of halogens is 4. The van der Waals surface area contributed by atoms with Crippen molar-refractivity contribution in [1.82, 2.24) is 10.2 Å². The highest BCUT2D eigenvalue weighted by molar-refractivity contribution is 6.33. The van der Waals surface area contributed by atoms with Gasteiger partial charge in [0, 0.05) is 6.07 Å². The Hall–Kier alpha value is -1.46. The summed E-state index contributed by atoms with van der Waals surface area (Å²) in [5, 5.41) is 9.51. The molecule has 3 nitrogen and oxygen atoms in total. The third kappa shape index (κ3) is 2.62. The van der Waals surface area contributed by atoms with Gasteiger partial charge in [-0.15, -0.1) is 10.2 Å². The highest BCUT2D eigenvalue weighted by Crippen LogP contribution is 2.28. The first-order valence-corrected chi connectivity index (χ1v) is 5.23. The van der Waals surface area contributed by atoms with Crippen molar-refractivity contribution in [1.29, 1.82) is 0 Å². The zero-order valence-electron chi connectivity index (χ0n) is 8.22. The molecule has 0 aliphatic carbocycles. The summed E-state index contributed by atoms with van der Waals surface area (Å²) in [5.74, 6) is -1.48. The topological polar surface area (TPSA) is 37.8 Å². The molecular weight excluding hydrogens is 271 g/mol. The van der Waals surface area contributed by atoms with Gasteiger partial charge in [-0.1, -0.05) is 29.3 Å². The Bertz CT molecular complexity index is 543. The van der Waals surface area contributed by atoms with E-state index in [9.17, 15) is 8.78 Å². The van der Waals surface area contributed by atoms with Crippen LogP contribution < -0.4 is 5.32 Å². The maximum Gasteiger partial charge on any atom is 0.175 e. The van der Waals surface area contributed by atoms with Crippen LogP contribution in [-0.2, 0) is 0 Å². The minimum Gasteiger partial charge on any atom is -0.348 e. The molecule has 0 amide bonds.